The minimum Gasteiger partial charge on any atom is -0.462 e. The zero-order chi connectivity index (χ0) is 42.1. The Morgan fingerprint density at radius 1 is 0.855 bits per heavy atom. The first kappa shape index (κ1) is 48.6. The van der Waals surface area contributed by atoms with Crippen LogP contribution in [0.1, 0.15) is 147 Å². The molecule has 0 aromatic carbocycles. The molecule has 3 aliphatic rings. The normalized spacial score (nSPS) is 28.5. The summed E-state index contributed by atoms with van der Waals surface area (Å²) in [7, 11) is -6.52. The maximum absolute atomic E-state index is 14.4. The van der Waals surface area contributed by atoms with E-state index in [2.05, 4.69) is 86.8 Å². The lowest BCUT2D eigenvalue weighted by Crippen LogP contribution is -2.54. The van der Waals surface area contributed by atoms with E-state index in [0.29, 0.717) is 24.1 Å². The van der Waals surface area contributed by atoms with Crippen LogP contribution in [0.5, 0.6) is 0 Å². The molecule has 0 amide bonds. The van der Waals surface area contributed by atoms with Crippen molar-refractivity contribution in [3.05, 3.63) is 23.3 Å². The van der Waals surface area contributed by atoms with Crippen LogP contribution in [-0.2, 0) is 22.8 Å². The minimum atomic E-state index is -4.57. The minimum absolute atomic E-state index is 0.0328. The molecule has 0 radical (unpaired) electrons. The summed E-state index contributed by atoms with van der Waals surface area (Å²) in [5.41, 5.74) is 0.485. The fraction of sp³-hybridized carbons (Fsp3) is 0.886. The first-order chi connectivity index (χ1) is 25.0. The Bertz CT molecular complexity index is 1310. The fourth-order valence-corrected chi connectivity index (χ4v) is 15.1. The first-order valence-electron chi connectivity index (χ1n) is 21.7. The smallest absolute Gasteiger partial charge is 0.416 e. The number of hydrogen-bond donors (Lipinski definition) is 0. The standard InChI is InChI=1S/C44H81F3O5Si3/c1-17-55(18-2,19-3)52-43(12,44(45,46)47)28-26-39(48)49-32(4)37-24-25-38-34(21-20-27-42(37,38)11)23-22-33-29-35(50-53(13,14)40(5,6)7)31-36(30-33)51-54(15,16)41(8,9)10/h22-23,32,35-38H,17-21,24-31H2,1-16H3/t32-,35+,36+,37+,38-,42+,43?/m0/s1. The van der Waals surface area contributed by atoms with Crippen molar-refractivity contribution in [1.82, 2.24) is 0 Å². The number of fused-ring (bicyclic) bond motifs is 1. The van der Waals surface area contributed by atoms with Crippen molar-refractivity contribution in [3.63, 3.8) is 0 Å². The van der Waals surface area contributed by atoms with Crippen LogP contribution in [0.2, 0.25) is 54.4 Å². The molecule has 3 aliphatic carbocycles. The molecule has 320 valence electrons. The molecule has 0 saturated heterocycles. The van der Waals surface area contributed by atoms with Gasteiger partial charge in [-0.1, -0.05) is 92.5 Å². The van der Waals surface area contributed by atoms with Crippen molar-refractivity contribution < 1.29 is 36.0 Å². The van der Waals surface area contributed by atoms with E-state index in [4.69, 9.17) is 18.0 Å². The second-order valence-corrected chi connectivity index (χ2v) is 35.3. The van der Waals surface area contributed by atoms with Gasteiger partial charge in [-0.25, -0.2) is 0 Å². The van der Waals surface area contributed by atoms with Gasteiger partial charge in [0.05, 0.1) is 12.2 Å². The van der Waals surface area contributed by atoms with E-state index in [1.165, 1.54) is 11.1 Å². The lowest BCUT2D eigenvalue weighted by molar-refractivity contribution is -0.248. The number of hydrogen-bond acceptors (Lipinski definition) is 5. The number of allylic oxidation sites excluding steroid dienone is 3. The summed E-state index contributed by atoms with van der Waals surface area (Å²) < 4.78 is 69.4. The summed E-state index contributed by atoms with van der Waals surface area (Å²) in [4.78, 5) is 13.2. The molecule has 0 heterocycles. The van der Waals surface area contributed by atoms with Gasteiger partial charge in [-0.15, -0.1) is 0 Å². The van der Waals surface area contributed by atoms with Crippen LogP contribution < -0.4 is 0 Å². The number of halogens is 3. The van der Waals surface area contributed by atoms with Crippen LogP contribution >= 0.6 is 0 Å². The molecule has 5 nitrogen and oxygen atoms in total. The second-order valence-electron chi connectivity index (χ2n) is 21.1. The number of rotatable bonds is 15. The molecule has 3 fully saturated rings. The number of alkyl halides is 3. The lowest BCUT2D eigenvalue weighted by Gasteiger charge is -2.45. The Balaban J connectivity index is 1.78. The third-order valence-corrected chi connectivity index (χ3v) is 29.1. The Hall–Kier alpha value is -0.729. The first-order valence-corrected chi connectivity index (χ1v) is 30.0. The average Bonchev–Trinajstić information content (AvgIpc) is 3.41. The maximum atomic E-state index is 14.4. The van der Waals surface area contributed by atoms with Gasteiger partial charge in [0.15, 0.2) is 25.0 Å². The van der Waals surface area contributed by atoms with E-state index in [1.54, 1.807) is 0 Å². The highest BCUT2D eigenvalue weighted by atomic mass is 28.4. The SMILES string of the molecule is CC[Si](CC)(CC)OC(C)(CCC(=O)O[C@@H](C)[C@H]1CC[C@H]2C(=CC=C3C[C@@H](O[Si](C)(C)C(C)(C)C)C[C@H](O[Si](C)(C)C(C)(C)C)C3)CCC[C@]12C)C(F)(F)F. The number of ether oxygens (including phenoxy) is 1. The second kappa shape index (κ2) is 17.9. The lowest BCUT2D eigenvalue weighted by atomic mass is 9.62. The highest BCUT2D eigenvalue weighted by Gasteiger charge is 2.56. The molecule has 1 unspecified atom stereocenters. The number of esters is 1. The monoisotopic (exact) mass is 831 g/mol. The van der Waals surface area contributed by atoms with Crippen molar-refractivity contribution in [1.29, 1.82) is 0 Å². The summed E-state index contributed by atoms with van der Waals surface area (Å²) >= 11 is 0. The molecule has 0 N–H and O–H groups in total. The summed E-state index contributed by atoms with van der Waals surface area (Å²) in [6, 6.07) is 1.83. The number of carbonyl (C=O) groups is 1. The fourth-order valence-electron chi connectivity index (χ4n) is 9.29. The quantitative estimate of drug-likeness (QED) is 0.122. The number of carbonyl (C=O) groups excluding carboxylic acids is 1. The van der Waals surface area contributed by atoms with E-state index in [0.717, 1.165) is 58.3 Å². The topological polar surface area (TPSA) is 54.0 Å². The molecule has 7 atom stereocenters. The van der Waals surface area contributed by atoms with E-state index in [1.807, 2.05) is 27.7 Å². The highest BCUT2D eigenvalue weighted by Crippen LogP contribution is 2.59. The van der Waals surface area contributed by atoms with Gasteiger partial charge in [-0.05, 0) is 137 Å². The summed E-state index contributed by atoms with van der Waals surface area (Å²) in [6.07, 6.45) is 7.37. The Labute approximate surface area is 338 Å². The molecule has 55 heavy (non-hydrogen) atoms. The van der Waals surface area contributed by atoms with Crippen LogP contribution in [0.15, 0.2) is 23.3 Å². The van der Waals surface area contributed by atoms with Crippen LogP contribution in [0, 0.1) is 17.3 Å². The summed E-state index contributed by atoms with van der Waals surface area (Å²) in [6.45, 7) is 34.4. The molecule has 11 heteroatoms. The molecule has 0 aliphatic heterocycles. The third-order valence-electron chi connectivity index (χ3n) is 15.3. The van der Waals surface area contributed by atoms with Gasteiger partial charge in [-0.3, -0.25) is 4.79 Å². The van der Waals surface area contributed by atoms with Gasteiger partial charge in [0.2, 0.25) is 0 Å². The highest BCUT2D eigenvalue weighted by molar-refractivity contribution is 6.74. The van der Waals surface area contributed by atoms with Crippen molar-refractivity contribution in [3.8, 4) is 0 Å². The molecule has 0 aromatic heterocycles. The predicted molar refractivity (Wildman–Crippen MR) is 230 cm³/mol. The van der Waals surface area contributed by atoms with Gasteiger partial charge in [-0.2, -0.15) is 13.2 Å². The van der Waals surface area contributed by atoms with Gasteiger partial charge in [0.25, 0.3) is 0 Å². The molecule has 0 spiro atoms. The zero-order valence-corrected chi connectivity index (χ0v) is 40.9. The van der Waals surface area contributed by atoms with Gasteiger partial charge < -0.3 is 18.0 Å². The van der Waals surface area contributed by atoms with Crippen molar-refractivity contribution >= 4 is 30.9 Å². The van der Waals surface area contributed by atoms with E-state index in [-0.39, 0.29) is 46.1 Å². The molecular formula is C44H81F3O5Si3. The molecule has 0 bridgehead atoms. The molecule has 3 rings (SSSR count). The van der Waals surface area contributed by atoms with Gasteiger partial charge >= 0.3 is 12.1 Å². The third kappa shape index (κ3) is 11.5. The van der Waals surface area contributed by atoms with E-state index in [9.17, 15) is 18.0 Å². The maximum Gasteiger partial charge on any atom is 0.416 e. The van der Waals surface area contributed by atoms with Crippen LogP contribution in [0.4, 0.5) is 13.2 Å². The zero-order valence-electron chi connectivity index (χ0n) is 37.9. The van der Waals surface area contributed by atoms with Crippen molar-refractivity contribution in [2.75, 3.05) is 0 Å². The largest absolute Gasteiger partial charge is 0.462 e. The Morgan fingerprint density at radius 3 is 1.82 bits per heavy atom. The predicted octanol–water partition coefficient (Wildman–Crippen LogP) is 14.1. The molecule has 3 saturated carbocycles. The summed E-state index contributed by atoms with van der Waals surface area (Å²) in [5, 5.41) is 0.265. The summed E-state index contributed by atoms with van der Waals surface area (Å²) in [5.74, 6) is -0.0146. The molecule has 0 aromatic rings. The van der Waals surface area contributed by atoms with Gasteiger partial charge in [0, 0.05) is 12.3 Å². The van der Waals surface area contributed by atoms with Crippen LogP contribution in [0.3, 0.4) is 0 Å². The van der Waals surface area contributed by atoms with Crippen LogP contribution in [-0.4, -0.2) is 61.0 Å². The molecular weight excluding hydrogens is 750 g/mol. The van der Waals surface area contributed by atoms with E-state index >= 15 is 0 Å². The Kier molecular flexibility index (Phi) is 15.8. The van der Waals surface area contributed by atoms with Crippen molar-refractivity contribution in [2.45, 2.75) is 232 Å². The van der Waals surface area contributed by atoms with Crippen molar-refractivity contribution in [2.24, 2.45) is 17.3 Å². The average molecular weight is 831 g/mol. The Morgan fingerprint density at radius 2 is 1.36 bits per heavy atom. The van der Waals surface area contributed by atoms with E-state index < -0.39 is 49.1 Å². The van der Waals surface area contributed by atoms with Crippen LogP contribution in [0.25, 0.3) is 0 Å². The van der Waals surface area contributed by atoms with Gasteiger partial charge in [0.1, 0.15) is 11.7 Å².